The Kier molecular flexibility index (Phi) is 6.54. The van der Waals surface area contributed by atoms with Crippen molar-refractivity contribution in [2.45, 2.75) is 91.3 Å². The number of carbonyl (C=O) groups excluding carboxylic acids is 4. The van der Waals surface area contributed by atoms with Crippen LogP contribution in [0.25, 0.3) is 0 Å². The number of hydrogen-bond donors (Lipinski definition) is 0. The van der Waals surface area contributed by atoms with E-state index in [1.54, 1.807) is 0 Å². The minimum Gasteiger partial charge on any atom is -0.358 e. The van der Waals surface area contributed by atoms with Gasteiger partial charge in [0.25, 0.3) is 0 Å². The minimum atomic E-state index is -0.868. The molecule has 31 heavy (non-hydrogen) atoms. The molecule has 0 aromatic carbocycles. The van der Waals surface area contributed by atoms with Gasteiger partial charge in [0, 0.05) is 11.8 Å². The van der Waals surface area contributed by atoms with Crippen molar-refractivity contribution < 1.29 is 23.9 Å². The predicted molar refractivity (Wildman–Crippen MR) is 116 cm³/mol. The Hall–Kier alpha value is -1.36. The molecule has 0 aromatic rings. The molecule has 0 N–H and O–H groups in total. The third-order valence-corrected chi connectivity index (χ3v) is 8.85. The van der Waals surface area contributed by atoms with Crippen LogP contribution in [-0.2, 0) is 23.9 Å². The summed E-state index contributed by atoms with van der Waals surface area (Å²) in [5.74, 6) is -0.647. The van der Waals surface area contributed by atoms with Gasteiger partial charge in [-0.1, -0.05) is 66.2 Å². The van der Waals surface area contributed by atoms with E-state index in [1.165, 1.54) is 12.8 Å². The van der Waals surface area contributed by atoms with Crippen molar-refractivity contribution in [1.82, 2.24) is 0 Å². The Morgan fingerprint density at radius 2 is 0.968 bits per heavy atom. The van der Waals surface area contributed by atoms with Gasteiger partial charge in [-0.25, -0.2) is 0 Å². The summed E-state index contributed by atoms with van der Waals surface area (Å²) in [7, 11) is 0. The van der Waals surface area contributed by atoms with Gasteiger partial charge in [0.1, 0.15) is 12.2 Å². The number of ketones is 4. The van der Waals surface area contributed by atoms with E-state index < -0.39 is 23.8 Å². The Bertz CT molecular complexity index is 683. The standard InChI is InChI=1S/C26H38O5/c1-13(2)21-17(15-7-5-8-15)11-19(23(27)25(21)29)31-20-12-18(16-9-6-10-16)22(14(3)4)26(30)24(20)28/h13-22H,5-12H2,1-4H3. The van der Waals surface area contributed by atoms with Gasteiger partial charge in [-0.15, -0.1) is 0 Å². The fourth-order valence-corrected chi connectivity index (χ4v) is 6.77. The molecular formula is C26H38O5. The number of carbonyl (C=O) groups is 4. The first-order chi connectivity index (χ1) is 14.7. The molecule has 0 aliphatic heterocycles. The van der Waals surface area contributed by atoms with Gasteiger partial charge in [0.05, 0.1) is 0 Å². The number of rotatable bonds is 6. The maximum Gasteiger partial charge on any atom is 0.227 e. The highest BCUT2D eigenvalue weighted by molar-refractivity contribution is 6.41. The first-order valence-corrected chi connectivity index (χ1v) is 12.5. The zero-order valence-electron chi connectivity index (χ0n) is 19.5. The molecule has 6 atom stereocenters. The molecule has 4 aliphatic carbocycles. The summed E-state index contributed by atoms with van der Waals surface area (Å²) >= 11 is 0. The van der Waals surface area contributed by atoms with Crippen molar-refractivity contribution in [2.24, 2.45) is 47.3 Å². The van der Waals surface area contributed by atoms with E-state index in [9.17, 15) is 19.2 Å². The highest BCUT2D eigenvalue weighted by atomic mass is 16.5. The van der Waals surface area contributed by atoms with Gasteiger partial charge < -0.3 is 4.74 Å². The van der Waals surface area contributed by atoms with Crippen LogP contribution in [0.1, 0.15) is 79.1 Å². The van der Waals surface area contributed by atoms with E-state index in [0.29, 0.717) is 24.7 Å². The van der Waals surface area contributed by atoms with Gasteiger partial charge in [-0.3, -0.25) is 19.2 Å². The van der Waals surface area contributed by atoms with Crippen LogP contribution in [0.4, 0.5) is 0 Å². The second-order valence-electron chi connectivity index (χ2n) is 11.3. The van der Waals surface area contributed by atoms with E-state index in [0.717, 1.165) is 25.7 Å². The molecule has 5 nitrogen and oxygen atoms in total. The van der Waals surface area contributed by atoms with Crippen molar-refractivity contribution in [1.29, 1.82) is 0 Å². The number of Topliss-reactive ketones (excluding diaryl/α,β-unsaturated/α-hetero) is 4. The lowest BCUT2D eigenvalue weighted by Crippen LogP contribution is -2.55. The average molecular weight is 431 g/mol. The highest BCUT2D eigenvalue weighted by Gasteiger charge is 2.52. The molecule has 4 fully saturated rings. The molecule has 4 saturated carbocycles. The summed E-state index contributed by atoms with van der Waals surface area (Å²) in [5, 5.41) is 0. The molecule has 0 heterocycles. The summed E-state index contributed by atoms with van der Waals surface area (Å²) in [6.07, 6.45) is 6.04. The normalized spacial score (nSPS) is 38.0. The Balaban J connectivity index is 1.53. The molecule has 6 unspecified atom stereocenters. The lowest BCUT2D eigenvalue weighted by Gasteiger charge is -2.46. The third-order valence-electron chi connectivity index (χ3n) is 8.85. The number of ether oxygens (including phenoxy) is 1. The molecule has 4 aliphatic rings. The van der Waals surface area contributed by atoms with Crippen LogP contribution >= 0.6 is 0 Å². The lowest BCUT2D eigenvalue weighted by atomic mass is 9.60. The fraction of sp³-hybridized carbons (Fsp3) is 0.846. The average Bonchev–Trinajstić information content (AvgIpc) is 2.60. The topological polar surface area (TPSA) is 77.5 Å². The molecule has 5 heteroatoms. The maximum absolute atomic E-state index is 13.0. The number of hydrogen-bond acceptors (Lipinski definition) is 5. The van der Waals surface area contributed by atoms with Crippen LogP contribution in [0.2, 0.25) is 0 Å². The zero-order valence-corrected chi connectivity index (χ0v) is 19.5. The predicted octanol–water partition coefficient (Wildman–Crippen LogP) is 4.20. The second-order valence-corrected chi connectivity index (χ2v) is 11.3. The second kappa shape index (κ2) is 8.88. The van der Waals surface area contributed by atoms with E-state index >= 15 is 0 Å². The largest absolute Gasteiger partial charge is 0.358 e. The van der Waals surface area contributed by atoms with E-state index in [4.69, 9.17) is 4.74 Å². The monoisotopic (exact) mass is 430 g/mol. The van der Waals surface area contributed by atoms with Crippen LogP contribution in [0, 0.1) is 47.3 Å². The van der Waals surface area contributed by atoms with Crippen LogP contribution in [-0.4, -0.2) is 35.3 Å². The van der Waals surface area contributed by atoms with Crippen LogP contribution in [0.3, 0.4) is 0 Å². The van der Waals surface area contributed by atoms with Crippen molar-refractivity contribution >= 4 is 23.1 Å². The van der Waals surface area contributed by atoms with Crippen molar-refractivity contribution in [2.75, 3.05) is 0 Å². The Morgan fingerprint density at radius 1 is 0.613 bits per heavy atom. The molecule has 0 amide bonds. The Morgan fingerprint density at radius 3 is 1.23 bits per heavy atom. The fourth-order valence-electron chi connectivity index (χ4n) is 6.77. The van der Waals surface area contributed by atoms with Crippen LogP contribution in [0.5, 0.6) is 0 Å². The van der Waals surface area contributed by atoms with Crippen molar-refractivity contribution in [3.8, 4) is 0 Å². The molecule has 4 rings (SSSR count). The smallest absolute Gasteiger partial charge is 0.227 e. The van der Waals surface area contributed by atoms with Gasteiger partial charge in [0.15, 0.2) is 0 Å². The third kappa shape index (κ3) is 4.07. The SMILES string of the molecule is CC(C)C1C(=O)C(=O)C(OC2CC(C3CCC3)C(C(C)C)C(=O)C2=O)CC1C1CCC1. The molecule has 0 saturated heterocycles. The molecule has 0 bridgehead atoms. The van der Waals surface area contributed by atoms with E-state index in [1.807, 2.05) is 27.7 Å². The molecular weight excluding hydrogens is 392 g/mol. The molecule has 0 spiro atoms. The quantitative estimate of drug-likeness (QED) is 0.590. The van der Waals surface area contributed by atoms with Crippen LogP contribution < -0.4 is 0 Å². The minimum absolute atomic E-state index is 0.121. The summed E-state index contributed by atoms with van der Waals surface area (Å²) < 4.78 is 6.11. The first-order valence-electron chi connectivity index (χ1n) is 12.5. The van der Waals surface area contributed by atoms with Gasteiger partial charge in [-0.05, 0) is 48.3 Å². The van der Waals surface area contributed by atoms with Gasteiger partial charge >= 0.3 is 0 Å². The molecule has 0 aromatic heterocycles. The van der Waals surface area contributed by atoms with Crippen molar-refractivity contribution in [3.63, 3.8) is 0 Å². The molecule has 172 valence electrons. The Labute approximate surface area is 186 Å². The zero-order chi connectivity index (χ0) is 22.4. The lowest BCUT2D eigenvalue weighted by molar-refractivity contribution is -0.169. The van der Waals surface area contributed by atoms with Crippen molar-refractivity contribution in [3.05, 3.63) is 0 Å². The highest BCUT2D eigenvalue weighted by Crippen LogP contribution is 2.47. The van der Waals surface area contributed by atoms with Gasteiger partial charge in [-0.2, -0.15) is 0 Å². The summed E-state index contributed by atoms with van der Waals surface area (Å²) in [5.41, 5.74) is 0. The maximum atomic E-state index is 13.0. The summed E-state index contributed by atoms with van der Waals surface area (Å²) in [6, 6.07) is 0. The van der Waals surface area contributed by atoms with E-state index in [2.05, 4.69) is 0 Å². The first kappa shape index (κ1) is 22.8. The van der Waals surface area contributed by atoms with Crippen LogP contribution in [0.15, 0.2) is 0 Å². The summed E-state index contributed by atoms with van der Waals surface area (Å²) in [4.78, 5) is 51.9. The van der Waals surface area contributed by atoms with Gasteiger partial charge in [0.2, 0.25) is 23.1 Å². The summed E-state index contributed by atoms with van der Waals surface area (Å²) in [6.45, 7) is 8.06. The molecule has 0 radical (unpaired) electrons. The van der Waals surface area contributed by atoms with E-state index in [-0.39, 0.29) is 47.1 Å².